The lowest BCUT2D eigenvalue weighted by atomic mass is 9.69. The highest BCUT2D eigenvalue weighted by atomic mass is 15.0. The van der Waals surface area contributed by atoms with Gasteiger partial charge in [-0.1, -0.05) is 63.4 Å². The van der Waals surface area contributed by atoms with Crippen molar-refractivity contribution in [3.63, 3.8) is 0 Å². The molecule has 0 spiro atoms. The maximum Gasteiger partial charge on any atom is 0.0294 e. The zero-order valence-corrected chi connectivity index (χ0v) is 13.9. The van der Waals surface area contributed by atoms with Gasteiger partial charge in [-0.15, -0.1) is 0 Å². The van der Waals surface area contributed by atoms with Crippen LogP contribution in [0.5, 0.6) is 0 Å². The van der Waals surface area contributed by atoms with Crippen molar-refractivity contribution in [1.82, 2.24) is 5.32 Å². The summed E-state index contributed by atoms with van der Waals surface area (Å²) >= 11 is 0. The second-order valence-electron chi connectivity index (χ2n) is 7.66. The number of benzene rings is 1. The van der Waals surface area contributed by atoms with Crippen molar-refractivity contribution in [1.29, 1.82) is 0 Å². The van der Waals surface area contributed by atoms with Gasteiger partial charge < -0.3 is 5.32 Å². The van der Waals surface area contributed by atoms with Gasteiger partial charge in [0.1, 0.15) is 0 Å². The van der Waals surface area contributed by atoms with Gasteiger partial charge in [0.15, 0.2) is 0 Å². The normalized spacial score (nSPS) is 25.4. The molecular weight excluding hydrogens is 242 g/mol. The summed E-state index contributed by atoms with van der Waals surface area (Å²) in [6.45, 7) is 11.6. The van der Waals surface area contributed by atoms with E-state index in [1.807, 2.05) is 0 Å². The van der Waals surface area contributed by atoms with Crippen LogP contribution in [0.15, 0.2) is 24.3 Å². The first-order valence-electron chi connectivity index (χ1n) is 8.20. The van der Waals surface area contributed by atoms with Gasteiger partial charge in [-0.25, -0.2) is 0 Å². The molecule has 1 nitrogen and oxygen atoms in total. The van der Waals surface area contributed by atoms with E-state index < -0.39 is 0 Å². The molecule has 1 N–H and O–H groups in total. The molecule has 1 aliphatic carbocycles. The third-order valence-corrected chi connectivity index (χ3v) is 4.92. The van der Waals surface area contributed by atoms with Crippen LogP contribution in [0.25, 0.3) is 0 Å². The van der Waals surface area contributed by atoms with Crippen LogP contribution in [0.4, 0.5) is 0 Å². The summed E-state index contributed by atoms with van der Waals surface area (Å²) in [5, 5.41) is 3.91. The molecular formula is C19H31N. The van der Waals surface area contributed by atoms with Gasteiger partial charge in [0, 0.05) is 12.1 Å². The van der Waals surface area contributed by atoms with Crippen molar-refractivity contribution < 1.29 is 0 Å². The molecule has 1 aliphatic rings. The van der Waals surface area contributed by atoms with Gasteiger partial charge in [-0.3, -0.25) is 0 Å². The van der Waals surface area contributed by atoms with Crippen LogP contribution in [0.2, 0.25) is 0 Å². The Labute approximate surface area is 125 Å². The highest BCUT2D eigenvalue weighted by Crippen LogP contribution is 2.38. The van der Waals surface area contributed by atoms with Crippen LogP contribution in [0, 0.1) is 18.3 Å². The van der Waals surface area contributed by atoms with E-state index in [1.165, 1.54) is 36.8 Å². The minimum absolute atomic E-state index is 0.408. The Kier molecular flexibility index (Phi) is 4.90. The minimum atomic E-state index is 0.408. The number of aryl methyl sites for hydroxylation is 1. The molecule has 0 aliphatic heterocycles. The lowest BCUT2D eigenvalue weighted by molar-refractivity contribution is 0.124. The number of nitrogens with one attached hydrogen (secondary N) is 1. The summed E-state index contributed by atoms with van der Waals surface area (Å²) in [5.41, 5.74) is 3.16. The molecule has 0 heterocycles. The first-order chi connectivity index (χ1) is 9.38. The molecule has 3 atom stereocenters. The Morgan fingerprint density at radius 3 is 2.25 bits per heavy atom. The molecule has 112 valence electrons. The maximum atomic E-state index is 3.91. The SMILES string of the molecule is Cc1ccc(C(C)NC2CCCCC2C(C)(C)C)cc1. The summed E-state index contributed by atoms with van der Waals surface area (Å²) in [4.78, 5) is 0. The van der Waals surface area contributed by atoms with E-state index in [2.05, 4.69) is 64.2 Å². The first-order valence-corrected chi connectivity index (χ1v) is 8.20. The smallest absolute Gasteiger partial charge is 0.0294 e. The van der Waals surface area contributed by atoms with Crippen LogP contribution >= 0.6 is 0 Å². The Hall–Kier alpha value is -0.820. The number of hydrogen-bond acceptors (Lipinski definition) is 1. The van der Waals surface area contributed by atoms with Gasteiger partial charge in [0.25, 0.3) is 0 Å². The van der Waals surface area contributed by atoms with E-state index in [0.717, 1.165) is 5.92 Å². The third kappa shape index (κ3) is 3.85. The molecule has 0 amide bonds. The summed E-state index contributed by atoms with van der Waals surface area (Å²) in [5.74, 6) is 0.796. The van der Waals surface area contributed by atoms with E-state index >= 15 is 0 Å². The van der Waals surface area contributed by atoms with Gasteiger partial charge in [0.2, 0.25) is 0 Å². The fourth-order valence-corrected chi connectivity index (χ4v) is 3.64. The summed E-state index contributed by atoms with van der Waals surface area (Å²) < 4.78 is 0. The van der Waals surface area contributed by atoms with Crippen molar-refractivity contribution in [3.8, 4) is 0 Å². The zero-order chi connectivity index (χ0) is 14.8. The Morgan fingerprint density at radius 1 is 1.05 bits per heavy atom. The average Bonchev–Trinajstić information content (AvgIpc) is 2.38. The lowest BCUT2D eigenvalue weighted by Gasteiger charge is -2.42. The van der Waals surface area contributed by atoms with Crippen molar-refractivity contribution in [2.75, 3.05) is 0 Å². The Bertz CT molecular complexity index is 412. The second-order valence-corrected chi connectivity index (χ2v) is 7.66. The van der Waals surface area contributed by atoms with Crippen LogP contribution in [-0.4, -0.2) is 6.04 Å². The minimum Gasteiger partial charge on any atom is -0.307 e. The Morgan fingerprint density at radius 2 is 1.65 bits per heavy atom. The second kappa shape index (κ2) is 6.30. The topological polar surface area (TPSA) is 12.0 Å². The van der Waals surface area contributed by atoms with E-state index in [1.54, 1.807) is 0 Å². The van der Waals surface area contributed by atoms with Crippen LogP contribution in [0.3, 0.4) is 0 Å². The molecule has 0 radical (unpaired) electrons. The molecule has 2 rings (SSSR count). The standard InChI is InChI=1S/C19H31N/c1-14-10-12-16(13-11-14)15(2)20-18-9-7-6-8-17(18)19(3,4)5/h10-13,15,17-18,20H,6-9H2,1-5H3. The van der Waals surface area contributed by atoms with Crippen LogP contribution < -0.4 is 5.32 Å². The molecule has 0 saturated heterocycles. The summed E-state index contributed by atoms with van der Waals surface area (Å²) in [7, 11) is 0. The van der Waals surface area contributed by atoms with Crippen molar-refractivity contribution in [3.05, 3.63) is 35.4 Å². The predicted molar refractivity (Wildman–Crippen MR) is 87.9 cm³/mol. The van der Waals surface area contributed by atoms with Crippen molar-refractivity contribution in [2.24, 2.45) is 11.3 Å². The first kappa shape index (κ1) is 15.6. The largest absolute Gasteiger partial charge is 0.307 e. The number of rotatable bonds is 3. The van der Waals surface area contributed by atoms with E-state index in [9.17, 15) is 0 Å². The van der Waals surface area contributed by atoms with Crippen LogP contribution in [0.1, 0.15) is 70.5 Å². The van der Waals surface area contributed by atoms with Crippen molar-refractivity contribution in [2.45, 2.75) is 72.4 Å². The predicted octanol–water partition coefficient (Wildman–Crippen LogP) is 5.25. The highest BCUT2D eigenvalue weighted by molar-refractivity contribution is 5.23. The molecule has 0 aromatic heterocycles. The zero-order valence-electron chi connectivity index (χ0n) is 13.9. The molecule has 1 fully saturated rings. The van der Waals surface area contributed by atoms with Crippen LogP contribution in [-0.2, 0) is 0 Å². The highest BCUT2D eigenvalue weighted by Gasteiger charge is 2.34. The van der Waals surface area contributed by atoms with Gasteiger partial charge >= 0.3 is 0 Å². The van der Waals surface area contributed by atoms with Gasteiger partial charge in [-0.05, 0) is 43.6 Å². The van der Waals surface area contributed by atoms with Crippen molar-refractivity contribution >= 4 is 0 Å². The van der Waals surface area contributed by atoms with E-state index in [4.69, 9.17) is 0 Å². The number of hydrogen-bond donors (Lipinski definition) is 1. The van der Waals surface area contributed by atoms with Gasteiger partial charge in [0.05, 0.1) is 0 Å². The van der Waals surface area contributed by atoms with E-state index in [0.29, 0.717) is 17.5 Å². The fourth-order valence-electron chi connectivity index (χ4n) is 3.64. The third-order valence-electron chi connectivity index (χ3n) is 4.92. The fraction of sp³-hybridized carbons (Fsp3) is 0.684. The molecule has 1 saturated carbocycles. The quantitative estimate of drug-likeness (QED) is 0.793. The van der Waals surface area contributed by atoms with Gasteiger partial charge in [-0.2, -0.15) is 0 Å². The van der Waals surface area contributed by atoms with E-state index in [-0.39, 0.29) is 0 Å². The lowest BCUT2D eigenvalue weighted by Crippen LogP contribution is -2.45. The summed E-state index contributed by atoms with van der Waals surface area (Å²) in [6, 6.07) is 10.1. The average molecular weight is 273 g/mol. The molecule has 1 heteroatoms. The molecule has 20 heavy (non-hydrogen) atoms. The monoisotopic (exact) mass is 273 g/mol. The molecule has 0 bridgehead atoms. The molecule has 1 aromatic rings. The molecule has 3 unspecified atom stereocenters. The summed E-state index contributed by atoms with van der Waals surface area (Å²) in [6.07, 6.45) is 5.49. The maximum absolute atomic E-state index is 3.91. The Balaban J connectivity index is 2.05. The molecule has 1 aromatic carbocycles.